The van der Waals surface area contributed by atoms with Crippen LogP contribution in [-0.2, 0) is 31.3 Å². The van der Waals surface area contributed by atoms with Crippen LogP contribution in [0.4, 0.5) is 17.1 Å². The zero-order valence-electron chi connectivity index (χ0n) is 16.7. The van der Waals surface area contributed by atoms with E-state index in [1.807, 2.05) is 0 Å². The minimum atomic E-state index is -4.01. The summed E-state index contributed by atoms with van der Waals surface area (Å²) >= 11 is 5.82. The van der Waals surface area contributed by atoms with Crippen LogP contribution in [0.5, 0.6) is 0 Å². The van der Waals surface area contributed by atoms with Crippen LogP contribution in [0.3, 0.4) is 0 Å². The van der Waals surface area contributed by atoms with E-state index in [1.54, 1.807) is 25.2 Å². The number of sulfonamides is 2. The first-order chi connectivity index (χ1) is 15.0. The summed E-state index contributed by atoms with van der Waals surface area (Å²) in [7, 11) is -6.34. The van der Waals surface area contributed by atoms with Crippen LogP contribution in [0.15, 0.2) is 76.5 Å². The number of likely N-dealkylation sites (N-methyl/N-ethyl adjacent to an activating group) is 1. The third kappa shape index (κ3) is 4.43. The predicted molar refractivity (Wildman–Crippen MR) is 123 cm³/mol. The minimum absolute atomic E-state index is 0.0214. The van der Waals surface area contributed by atoms with E-state index in [0.29, 0.717) is 22.0 Å². The molecule has 0 atom stereocenters. The van der Waals surface area contributed by atoms with E-state index < -0.39 is 20.0 Å². The van der Waals surface area contributed by atoms with E-state index >= 15 is 0 Å². The SMILES string of the molecule is CN1C(=O)Cc2cc(S(=O)(=O)Nc3cccc(S(=O)(=O)Nc4ccc(Cl)cc4)c3)ccc21. The summed E-state index contributed by atoms with van der Waals surface area (Å²) in [5.74, 6) is -0.117. The normalized spacial score (nSPS) is 13.7. The Hall–Kier alpha value is -3.08. The molecule has 1 aliphatic heterocycles. The lowest BCUT2D eigenvalue weighted by molar-refractivity contribution is -0.117. The monoisotopic (exact) mass is 491 g/mol. The minimum Gasteiger partial charge on any atom is -0.315 e. The molecule has 11 heteroatoms. The van der Waals surface area contributed by atoms with E-state index in [9.17, 15) is 21.6 Å². The van der Waals surface area contributed by atoms with Gasteiger partial charge in [-0.05, 0) is 66.2 Å². The molecular weight excluding hydrogens is 474 g/mol. The van der Waals surface area contributed by atoms with Crippen molar-refractivity contribution in [2.24, 2.45) is 0 Å². The first-order valence-electron chi connectivity index (χ1n) is 9.36. The average Bonchev–Trinajstić information content (AvgIpc) is 3.03. The molecule has 0 radical (unpaired) electrons. The topological polar surface area (TPSA) is 113 Å². The van der Waals surface area contributed by atoms with Gasteiger partial charge in [-0.3, -0.25) is 14.2 Å². The molecule has 8 nitrogen and oxygen atoms in total. The molecule has 3 aromatic carbocycles. The van der Waals surface area contributed by atoms with E-state index in [-0.39, 0.29) is 27.8 Å². The fraction of sp³-hybridized carbons (Fsp3) is 0.0952. The van der Waals surface area contributed by atoms with Gasteiger partial charge in [-0.25, -0.2) is 16.8 Å². The van der Waals surface area contributed by atoms with E-state index in [0.717, 1.165) is 0 Å². The fourth-order valence-electron chi connectivity index (χ4n) is 3.29. The summed E-state index contributed by atoms with van der Waals surface area (Å²) in [6.45, 7) is 0. The summed E-state index contributed by atoms with van der Waals surface area (Å²) in [4.78, 5) is 13.2. The van der Waals surface area contributed by atoms with Gasteiger partial charge in [0, 0.05) is 23.4 Å². The Balaban J connectivity index is 1.58. The van der Waals surface area contributed by atoms with Gasteiger partial charge in [0.25, 0.3) is 20.0 Å². The highest BCUT2D eigenvalue weighted by Crippen LogP contribution is 2.30. The first-order valence-corrected chi connectivity index (χ1v) is 12.7. The molecule has 0 spiro atoms. The van der Waals surface area contributed by atoms with Crippen LogP contribution in [0.1, 0.15) is 5.56 Å². The number of benzene rings is 3. The van der Waals surface area contributed by atoms with Crippen molar-refractivity contribution >= 4 is 54.6 Å². The second-order valence-electron chi connectivity index (χ2n) is 7.17. The van der Waals surface area contributed by atoms with Crippen molar-refractivity contribution in [3.63, 3.8) is 0 Å². The van der Waals surface area contributed by atoms with Gasteiger partial charge >= 0.3 is 0 Å². The van der Waals surface area contributed by atoms with E-state index in [4.69, 9.17) is 11.6 Å². The van der Waals surface area contributed by atoms with Gasteiger partial charge < -0.3 is 4.90 Å². The molecule has 1 heterocycles. The molecule has 0 saturated heterocycles. The van der Waals surface area contributed by atoms with Gasteiger partial charge in [0.15, 0.2) is 0 Å². The average molecular weight is 492 g/mol. The van der Waals surface area contributed by atoms with Crippen LogP contribution in [0, 0.1) is 0 Å². The number of carbonyl (C=O) groups excluding carboxylic acids is 1. The maximum Gasteiger partial charge on any atom is 0.261 e. The van der Waals surface area contributed by atoms with Crippen LogP contribution < -0.4 is 14.3 Å². The second-order valence-corrected chi connectivity index (χ2v) is 11.0. The summed E-state index contributed by atoms with van der Waals surface area (Å²) in [5.41, 5.74) is 1.68. The lowest BCUT2D eigenvalue weighted by atomic mass is 10.2. The van der Waals surface area contributed by atoms with E-state index in [2.05, 4.69) is 9.44 Å². The Morgan fingerprint density at radius 2 is 1.44 bits per heavy atom. The van der Waals surface area contributed by atoms with Gasteiger partial charge in [0.1, 0.15) is 0 Å². The van der Waals surface area contributed by atoms with E-state index in [1.165, 1.54) is 53.4 Å². The molecule has 1 amide bonds. The highest BCUT2D eigenvalue weighted by molar-refractivity contribution is 7.93. The van der Waals surface area contributed by atoms with Crippen LogP contribution >= 0.6 is 11.6 Å². The molecule has 3 aromatic rings. The van der Waals surface area contributed by atoms with Gasteiger partial charge in [0.05, 0.1) is 21.9 Å². The van der Waals surface area contributed by atoms with Crippen molar-refractivity contribution in [1.82, 2.24) is 0 Å². The van der Waals surface area contributed by atoms with Crippen molar-refractivity contribution in [3.8, 4) is 0 Å². The quantitative estimate of drug-likeness (QED) is 0.548. The highest BCUT2D eigenvalue weighted by atomic mass is 35.5. The molecule has 166 valence electrons. The Labute approximate surface area is 190 Å². The van der Waals surface area contributed by atoms with Crippen molar-refractivity contribution in [1.29, 1.82) is 0 Å². The molecule has 0 aromatic heterocycles. The van der Waals surface area contributed by atoms with Crippen molar-refractivity contribution in [3.05, 3.63) is 77.3 Å². The lowest BCUT2D eigenvalue weighted by Gasteiger charge is -2.13. The molecule has 32 heavy (non-hydrogen) atoms. The summed E-state index contributed by atoms with van der Waals surface area (Å²) in [5, 5.41) is 0.465. The van der Waals surface area contributed by atoms with Crippen molar-refractivity contribution in [2.75, 3.05) is 21.4 Å². The zero-order chi connectivity index (χ0) is 23.1. The van der Waals surface area contributed by atoms with Gasteiger partial charge in [-0.2, -0.15) is 0 Å². The Kier molecular flexibility index (Phi) is 5.61. The predicted octanol–water partition coefficient (Wildman–Crippen LogP) is 3.46. The number of nitrogens with zero attached hydrogens (tertiary/aromatic N) is 1. The number of hydrogen-bond acceptors (Lipinski definition) is 5. The summed E-state index contributed by atoms with van der Waals surface area (Å²) < 4.78 is 55.9. The number of amides is 1. The van der Waals surface area contributed by atoms with Crippen molar-refractivity contribution < 1.29 is 21.6 Å². The van der Waals surface area contributed by atoms with Gasteiger partial charge in [-0.15, -0.1) is 0 Å². The molecule has 0 unspecified atom stereocenters. The number of hydrogen-bond donors (Lipinski definition) is 2. The number of fused-ring (bicyclic) bond motifs is 1. The number of nitrogens with one attached hydrogen (secondary N) is 2. The Bertz CT molecular complexity index is 1420. The number of rotatable bonds is 6. The molecule has 0 bridgehead atoms. The summed E-state index contributed by atoms with van der Waals surface area (Å²) in [6, 6.07) is 16.0. The molecule has 0 aliphatic carbocycles. The second kappa shape index (κ2) is 8.12. The van der Waals surface area contributed by atoms with Crippen LogP contribution in [-0.4, -0.2) is 29.8 Å². The molecule has 4 rings (SSSR count). The lowest BCUT2D eigenvalue weighted by Crippen LogP contribution is -2.20. The number of carbonyl (C=O) groups is 1. The fourth-order valence-corrected chi connectivity index (χ4v) is 5.62. The third-order valence-corrected chi connectivity index (χ3v) is 7.94. The molecule has 1 aliphatic rings. The Morgan fingerprint density at radius 1 is 0.812 bits per heavy atom. The molecule has 0 saturated carbocycles. The van der Waals surface area contributed by atoms with Crippen molar-refractivity contribution in [2.45, 2.75) is 16.2 Å². The number of anilines is 3. The smallest absolute Gasteiger partial charge is 0.261 e. The Morgan fingerprint density at radius 3 is 2.12 bits per heavy atom. The molecule has 0 fully saturated rings. The molecular formula is C21H18ClN3O5S2. The van der Waals surface area contributed by atoms with Gasteiger partial charge in [-0.1, -0.05) is 17.7 Å². The first kappa shape index (κ1) is 22.1. The highest BCUT2D eigenvalue weighted by Gasteiger charge is 2.26. The maximum atomic E-state index is 12.9. The standard InChI is InChI=1S/C21H18ClN3O5S2/c1-25-20-10-9-19(11-14(20)12-21(25)26)32(29,30)24-17-3-2-4-18(13-17)31(27,28)23-16-7-5-15(22)6-8-16/h2-11,13,23-24H,12H2,1H3. The van der Waals surface area contributed by atoms with Gasteiger partial charge in [0.2, 0.25) is 5.91 Å². The van der Waals surface area contributed by atoms with Crippen LogP contribution in [0.2, 0.25) is 5.02 Å². The molecule has 2 N–H and O–H groups in total. The van der Waals surface area contributed by atoms with Crippen LogP contribution in [0.25, 0.3) is 0 Å². The summed E-state index contributed by atoms with van der Waals surface area (Å²) in [6.07, 6.45) is 0.124. The number of halogens is 1. The maximum absolute atomic E-state index is 12.9. The largest absolute Gasteiger partial charge is 0.315 e. The third-order valence-electron chi connectivity index (χ3n) is 4.93. The zero-order valence-corrected chi connectivity index (χ0v) is 19.1.